The standard InChI is InChI=1S/C27H24ClN5O3/c1-18(2)36-15-5-14-33-25(31-24(34)12-9-19-7-10-21(28)11-8-19)20(17-29)16-22-26(33)30-23-6-3-4-13-32(23)27(22)35/h3-4,6-13,16,18H,5,14-15H2,1-2H3. The number of pyridine rings is 2. The van der Waals surface area contributed by atoms with Crippen molar-refractivity contribution in [1.82, 2.24) is 14.0 Å². The van der Waals surface area contributed by atoms with E-state index in [-0.39, 0.29) is 28.1 Å². The number of ether oxygens (including phenoxy) is 1. The highest BCUT2D eigenvalue weighted by Gasteiger charge is 2.14. The second-order valence-electron chi connectivity index (χ2n) is 8.34. The van der Waals surface area contributed by atoms with E-state index in [9.17, 15) is 14.9 Å². The molecule has 9 heteroatoms. The third-order valence-corrected chi connectivity index (χ3v) is 5.64. The van der Waals surface area contributed by atoms with Crippen molar-refractivity contribution in [2.24, 2.45) is 4.99 Å². The van der Waals surface area contributed by atoms with E-state index in [4.69, 9.17) is 16.3 Å². The van der Waals surface area contributed by atoms with E-state index in [2.05, 4.69) is 16.0 Å². The van der Waals surface area contributed by atoms with E-state index in [0.29, 0.717) is 35.9 Å². The Kier molecular flexibility index (Phi) is 7.74. The number of nitriles is 1. The Balaban J connectivity index is 1.87. The molecule has 0 fully saturated rings. The summed E-state index contributed by atoms with van der Waals surface area (Å²) in [6.45, 7) is 4.69. The second kappa shape index (κ2) is 11.1. The number of amides is 1. The van der Waals surface area contributed by atoms with Crippen molar-refractivity contribution in [3.05, 3.63) is 92.8 Å². The number of rotatable bonds is 7. The van der Waals surface area contributed by atoms with Crippen LogP contribution in [0.4, 0.5) is 0 Å². The third kappa shape index (κ3) is 5.60. The van der Waals surface area contributed by atoms with E-state index in [1.807, 2.05) is 13.8 Å². The average Bonchev–Trinajstić information content (AvgIpc) is 2.87. The number of carbonyl (C=O) groups is 1. The number of nitrogens with zero attached hydrogens (tertiary/aromatic N) is 5. The van der Waals surface area contributed by atoms with Gasteiger partial charge in [0.1, 0.15) is 17.4 Å². The van der Waals surface area contributed by atoms with Crippen LogP contribution < -0.4 is 11.0 Å². The van der Waals surface area contributed by atoms with Crippen molar-refractivity contribution >= 4 is 40.3 Å². The zero-order valence-corrected chi connectivity index (χ0v) is 20.6. The molecule has 1 aromatic carbocycles. The van der Waals surface area contributed by atoms with Gasteiger partial charge in [-0.05, 0) is 62.2 Å². The molecule has 0 spiro atoms. The molecule has 182 valence electrons. The van der Waals surface area contributed by atoms with Crippen molar-refractivity contribution in [2.75, 3.05) is 6.61 Å². The molecule has 1 amide bonds. The van der Waals surface area contributed by atoms with Gasteiger partial charge in [-0.3, -0.25) is 14.0 Å². The molecule has 0 saturated carbocycles. The SMILES string of the molecule is CC(C)OCCCn1c(=NC(=O)C=Cc2ccc(Cl)cc2)c(C#N)cc2c(=O)n3ccccc3nc21. The van der Waals surface area contributed by atoms with Crippen LogP contribution in [-0.4, -0.2) is 32.6 Å². The van der Waals surface area contributed by atoms with Gasteiger partial charge < -0.3 is 9.30 Å². The molecule has 36 heavy (non-hydrogen) atoms. The molecule has 0 radical (unpaired) electrons. The van der Waals surface area contributed by atoms with Gasteiger partial charge >= 0.3 is 0 Å². The summed E-state index contributed by atoms with van der Waals surface area (Å²) >= 11 is 5.92. The molecular weight excluding hydrogens is 478 g/mol. The quantitative estimate of drug-likeness (QED) is 0.215. The van der Waals surface area contributed by atoms with Crippen LogP contribution >= 0.6 is 11.6 Å². The summed E-state index contributed by atoms with van der Waals surface area (Å²) in [5.74, 6) is -0.550. The van der Waals surface area contributed by atoms with E-state index < -0.39 is 5.91 Å². The van der Waals surface area contributed by atoms with Crippen LogP contribution in [0.2, 0.25) is 5.02 Å². The van der Waals surface area contributed by atoms with Gasteiger partial charge in [0.05, 0.1) is 17.1 Å². The first-order valence-electron chi connectivity index (χ1n) is 11.5. The highest BCUT2D eigenvalue weighted by Crippen LogP contribution is 2.12. The summed E-state index contributed by atoms with van der Waals surface area (Å²) in [4.78, 5) is 34.9. The fraction of sp³-hybridized carbons (Fsp3) is 0.222. The van der Waals surface area contributed by atoms with Crippen LogP contribution in [0.3, 0.4) is 0 Å². The van der Waals surface area contributed by atoms with Crippen LogP contribution in [0.1, 0.15) is 31.4 Å². The number of aromatic nitrogens is 3. The Morgan fingerprint density at radius 2 is 2.03 bits per heavy atom. The molecule has 3 aromatic heterocycles. The maximum Gasteiger partial charge on any atom is 0.271 e. The third-order valence-electron chi connectivity index (χ3n) is 5.39. The van der Waals surface area contributed by atoms with Crippen LogP contribution in [0.15, 0.2) is 70.6 Å². The lowest BCUT2D eigenvalue weighted by Crippen LogP contribution is -2.30. The molecule has 0 unspecified atom stereocenters. The average molecular weight is 502 g/mol. The number of carbonyl (C=O) groups excluding carboxylic acids is 1. The van der Waals surface area contributed by atoms with Crippen LogP contribution in [0.5, 0.6) is 0 Å². The summed E-state index contributed by atoms with van der Waals surface area (Å²) < 4.78 is 8.74. The zero-order chi connectivity index (χ0) is 25.7. The zero-order valence-electron chi connectivity index (χ0n) is 19.9. The van der Waals surface area contributed by atoms with Crippen LogP contribution in [0, 0.1) is 11.3 Å². The fourth-order valence-corrected chi connectivity index (χ4v) is 3.84. The van der Waals surface area contributed by atoms with E-state index >= 15 is 0 Å². The van der Waals surface area contributed by atoms with Crippen molar-refractivity contribution < 1.29 is 9.53 Å². The molecule has 8 nitrogen and oxygen atoms in total. The Morgan fingerprint density at radius 3 is 2.75 bits per heavy atom. The molecule has 0 aliphatic carbocycles. The number of halogens is 1. The molecule has 0 aliphatic rings. The van der Waals surface area contributed by atoms with Crippen LogP contribution in [-0.2, 0) is 16.1 Å². The normalized spacial score (nSPS) is 12.1. The first-order chi connectivity index (χ1) is 17.4. The van der Waals surface area contributed by atoms with Gasteiger partial charge in [0, 0.05) is 30.4 Å². The molecule has 3 heterocycles. The van der Waals surface area contributed by atoms with Crippen LogP contribution in [0.25, 0.3) is 22.8 Å². The number of aryl methyl sites for hydroxylation is 1. The lowest BCUT2D eigenvalue weighted by Gasteiger charge is -2.14. The van der Waals surface area contributed by atoms with E-state index in [1.165, 1.54) is 16.5 Å². The van der Waals surface area contributed by atoms with Gasteiger partial charge in [0.15, 0.2) is 5.49 Å². The van der Waals surface area contributed by atoms with Crippen molar-refractivity contribution in [3.8, 4) is 6.07 Å². The van der Waals surface area contributed by atoms with Gasteiger partial charge in [-0.2, -0.15) is 10.3 Å². The molecule has 0 saturated heterocycles. The Labute approximate surface area is 212 Å². The largest absolute Gasteiger partial charge is 0.379 e. The Hall–Kier alpha value is -4.06. The maximum atomic E-state index is 13.2. The summed E-state index contributed by atoms with van der Waals surface area (Å²) in [7, 11) is 0. The van der Waals surface area contributed by atoms with Crippen molar-refractivity contribution in [3.63, 3.8) is 0 Å². The monoisotopic (exact) mass is 501 g/mol. The second-order valence-corrected chi connectivity index (χ2v) is 8.77. The van der Waals surface area contributed by atoms with E-state index in [0.717, 1.165) is 5.56 Å². The lowest BCUT2D eigenvalue weighted by atomic mass is 10.2. The first kappa shape index (κ1) is 25.0. The fourth-order valence-electron chi connectivity index (χ4n) is 3.72. The van der Waals surface area contributed by atoms with Crippen molar-refractivity contribution in [2.45, 2.75) is 32.9 Å². The van der Waals surface area contributed by atoms with Crippen molar-refractivity contribution in [1.29, 1.82) is 5.26 Å². The molecule has 4 aromatic rings. The highest BCUT2D eigenvalue weighted by atomic mass is 35.5. The van der Waals surface area contributed by atoms with Gasteiger partial charge in [-0.1, -0.05) is 29.8 Å². The molecule has 0 bridgehead atoms. The Morgan fingerprint density at radius 1 is 1.25 bits per heavy atom. The summed E-state index contributed by atoms with van der Waals surface area (Å²) in [6, 6.07) is 15.8. The first-order valence-corrected chi connectivity index (χ1v) is 11.8. The molecule has 0 N–H and O–H groups in total. The topological polar surface area (TPSA) is 102 Å². The highest BCUT2D eigenvalue weighted by molar-refractivity contribution is 6.30. The maximum absolute atomic E-state index is 13.2. The number of fused-ring (bicyclic) bond motifs is 2. The minimum Gasteiger partial charge on any atom is -0.379 e. The smallest absolute Gasteiger partial charge is 0.271 e. The molecular formula is C27H24ClN5O3. The molecule has 0 atom stereocenters. The summed E-state index contributed by atoms with van der Waals surface area (Å²) in [6.07, 6.45) is 5.20. The summed E-state index contributed by atoms with van der Waals surface area (Å²) in [5.41, 5.74) is 1.53. The van der Waals surface area contributed by atoms with Gasteiger partial charge in [-0.25, -0.2) is 4.98 Å². The van der Waals surface area contributed by atoms with E-state index in [1.54, 1.807) is 59.3 Å². The van der Waals surface area contributed by atoms with Gasteiger partial charge in [0.25, 0.3) is 11.5 Å². The minimum atomic E-state index is -0.550. The molecule has 4 rings (SSSR count). The minimum absolute atomic E-state index is 0.0626. The predicted octanol–water partition coefficient (Wildman–Crippen LogP) is 4.13. The number of hydrogen-bond acceptors (Lipinski definition) is 5. The number of hydrogen-bond donors (Lipinski definition) is 0. The Bertz CT molecular complexity index is 1630. The molecule has 0 aliphatic heterocycles. The van der Waals surface area contributed by atoms with Gasteiger partial charge in [0.2, 0.25) is 0 Å². The lowest BCUT2D eigenvalue weighted by molar-refractivity contribution is -0.113. The predicted molar refractivity (Wildman–Crippen MR) is 138 cm³/mol. The number of benzene rings is 1. The van der Waals surface area contributed by atoms with Gasteiger partial charge in [-0.15, -0.1) is 0 Å². The summed E-state index contributed by atoms with van der Waals surface area (Å²) in [5, 5.41) is 10.7.